The fourth-order valence-corrected chi connectivity index (χ4v) is 7.23. The van der Waals surface area contributed by atoms with Crippen LogP contribution in [0.4, 0.5) is 4.79 Å². The Morgan fingerprint density at radius 3 is 2.53 bits per heavy atom. The van der Waals surface area contributed by atoms with Crippen LogP contribution in [-0.4, -0.2) is 56.2 Å². The first-order chi connectivity index (χ1) is 15.5. The Morgan fingerprint density at radius 1 is 1.12 bits per heavy atom. The van der Waals surface area contributed by atoms with Crippen LogP contribution >= 0.6 is 23.2 Å². The highest BCUT2D eigenvalue weighted by molar-refractivity contribution is 6.18. The number of carbonyl (C=O) groups excluding carboxylic acids is 1. The number of halogens is 2. The fourth-order valence-electron chi connectivity index (χ4n) is 6.82. The molecule has 3 aliphatic rings. The van der Waals surface area contributed by atoms with Gasteiger partial charge in [0.25, 0.3) is 0 Å². The maximum Gasteiger partial charge on any atom is 0.410 e. The Kier molecular flexibility index (Phi) is 7.48. The van der Waals surface area contributed by atoms with Crippen molar-refractivity contribution in [2.75, 3.05) is 39.1 Å². The van der Waals surface area contributed by atoms with E-state index in [1.165, 1.54) is 18.4 Å². The molecule has 0 radical (unpaired) electrons. The van der Waals surface area contributed by atoms with Crippen molar-refractivity contribution in [2.24, 2.45) is 17.3 Å². The molecule has 2 saturated carbocycles. The van der Waals surface area contributed by atoms with Crippen molar-refractivity contribution < 1.29 is 19.0 Å². The summed E-state index contributed by atoms with van der Waals surface area (Å²) in [4.78, 5) is 14.6. The van der Waals surface area contributed by atoms with E-state index in [9.17, 15) is 4.79 Å². The van der Waals surface area contributed by atoms with Crippen LogP contribution in [0.2, 0.25) is 0 Å². The molecule has 2 fully saturated rings. The SMILES string of the molecule is COc1ccc2c(c1)C(OC(=O)N(CCCl)CCCl)CC1C2CCC2(C)C(OC)CCC12. The summed E-state index contributed by atoms with van der Waals surface area (Å²) in [5.74, 6) is 3.03. The van der Waals surface area contributed by atoms with Crippen LogP contribution in [-0.2, 0) is 9.47 Å². The van der Waals surface area contributed by atoms with Gasteiger partial charge in [-0.25, -0.2) is 4.79 Å². The van der Waals surface area contributed by atoms with E-state index in [2.05, 4.69) is 19.1 Å². The Bertz CT molecular complexity index is 815. The molecule has 3 aliphatic carbocycles. The molecule has 0 N–H and O–H groups in total. The van der Waals surface area contributed by atoms with E-state index >= 15 is 0 Å². The van der Waals surface area contributed by atoms with E-state index in [-0.39, 0.29) is 17.6 Å². The third kappa shape index (κ3) is 4.21. The Morgan fingerprint density at radius 2 is 1.88 bits per heavy atom. The van der Waals surface area contributed by atoms with Gasteiger partial charge in [0.15, 0.2) is 0 Å². The van der Waals surface area contributed by atoms with E-state index < -0.39 is 0 Å². The molecule has 6 atom stereocenters. The minimum absolute atomic E-state index is 0.192. The Labute approximate surface area is 201 Å². The number of fused-ring (bicyclic) bond motifs is 5. The van der Waals surface area contributed by atoms with Crippen molar-refractivity contribution in [2.45, 2.75) is 57.2 Å². The maximum absolute atomic E-state index is 13.0. The lowest BCUT2D eigenvalue weighted by atomic mass is 9.55. The van der Waals surface area contributed by atoms with Gasteiger partial charge in [0.2, 0.25) is 0 Å². The van der Waals surface area contributed by atoms with Gasteiger partial charge in [-0.1, -0.05) is 13.0 Å². The molecule has 1 aromatic carbocycles. The lowest BCUT2D eigenvalue weighted by molar-refractivity contribution is -0.0571. The molecule has 5 nitrogen and oxygen atoms in total. The number of hydrogen-bond acceptors (Lipinski definition) is 4. The molecule has 0 bridgehead atoms. The van der Waals surface area contributed by atoms with Crippen molar-refractivity contribution in [3.8, 4) is 5.75 Å². The predicted octanol–water partition coefficient (Wildman–Crippen LogP) is 5.98. The van der Waals surface area contributed by atoms with Gasteiger partial charge < -0.3 is 19.1 Å². The van der Waals surface area contributed by atoms with Gasteiger partial charge in [-0.2, -0.15) is 0 Å². The minimum atomic E-state index is -0.344. The summed E-state index contributed by atoms with van der Waals surface area (Å²) in [5, 5.41) is 0. The lowest BCUT2D eigenvalue weighted by Gasteiger charge is -2.51. The quantitative estimate of drug-likeness (QED) is 0.447. The zero-order valence-corrected chi connectivity index (χ0v) is 20.8. The molecular weight excluding hydrogens is 449 g/mol. The second-order valence-electron chi connectivity index (χ2n) is 9.69. The number of benzene rings is 1. The van der Waals surface area contributed by atoms with Gasteiger partial charge in [-0.15, -0.1) is 23.2 Å². The van der Waals surface area contributed by atoms with Crippen molar-refractivity contribution in [3.63, 3.8) is 0 Å². The summed E-state index contributed by atoms with van der Waals surface area (Å²) in [7, 11) is 3.52. The number of methoxy groups -OCH3 is 2. The van der Waals surface area contributed by atoms with Gasteiger partial charge >= 0.3 is 6.09 Å². The van der Waals surface area contributed by atoms with E-state index in [1.54, 1.807) is 12.0 Å². The summed E-state index contributed by atoms with van der Waals surface area (Å²) in [5.41, 5.74) is 2.59. The summed E-state index contributed by atoms with van der Waals surface area (Å²) in [6.07, 6.45) is 5.11. The molecule has 0 heterocycles. The normalized spacial score (nSPS) is 33.1. The first-order valence-electron chi connectivity index (χ1n) is 11.7. The minimum Gasteiger partial charge on any atom is -0.497 e. The topological polar surface area (TPSA) is 48.0 Å². The number of amides is 1. The number of nitrogens with zero attached hydrogens (tertiary/aromatic N) is 1. The molecule has 0 aliphatic heterocycles. The van der Waals surface area contributed by atoms with Crippen molar-refractivity contribution in [3.05, 3.63) is 29.3 Å². The second kappa shape index (κ2) is 9.99. The standard InChI is InChI=1S/C25H35Cl2NO4/c1-25-9-8-18-17-5-4-16(30-2)14-20(17)22(32-24(29)28(12-10-26)13-11-27)15-19(18)21(25)6-7-23(25)31-3/h4-5,14,18-19,21-23H,6-13,15H2,1-3H3. The smallest absolute Gasteiger partial charge is 0.410 e. The number of rotatable bonds is 7. The van der Waals surface area contributed by atoms with Crippen molar-refractivity contribution in [1.82, 2.24) is 4.90 Å². The zero-order chi connectivity index (χ0) is 22.9. The molecule has 1 amide bonds. The molecule has 32 heavy (non-hydrogen) atoms. The third-order valence-electron chi connectivity index (χ3n) is 8.37. The van der Waals surface area contributed by atoms with Gasteiger partial charge in [-0.05, 0) is 78.5 Å². The second-order valence-corrected chi connectivity index (χ2v) is 10.4. The average Bonchev–Trinajstić information content (AvgIpc) is 3.15. The molecule has 0 saturated heterocycles. The first kappa shape index (κ1) is 24.0. The molecule has 0 aromatic heterocycles. The van der Waals surface area contributed by atoms with Gasteiger partial charge in [0.1, 0.15) is 11.9 Å². The molecule has 6 unspecified atom stereocenters. The fraction of sp³-hybridized carbons (Fsp3) is 0.720. The average molecular weight is 484 g/mol. The third-order valence-corrected chi connectivity index (χ3v) is 8.71. The van der Waals surface area contributed by atoms with Crippen LogP contribution < -0.4 is 4.74 Å². The summed E-state index contributed by atoms with van der Waals surface area (Å²) in [6, 6.07) is 6.28. The summed E-state index contributed by atoms with van der Waals surface area (Å²) < 4.78 is 17.6. The van der Waals surface area contributed by atoms with Crippen LogP contribution in [0, 0.1) is 17.3 Å². The van der Waals surface area contributed by atoms with E-state index in [4.69, 9.17) is 37.4 Å². The highest BCUT2D eigenvalue weighted by Crippen LogP contribution is 2.63. The molecule has 1 aromatic rings. The van der Waals surface area contributed by atoms with E-state index in [0.29, 0.717) is 48.7 Å². The highest BCUT2D eigenvalue weighted by atomic mass is 35.5. The zero-order valence-electron chi connectivity index (χ0n) is 19.3. The Hall–Kier alpha value is -1.17. The number of alkyl halides is 2. The molecule has 7 heteroatoms. The van der Waals surface area contributed by atoms with E-state index in [0.717, 1.165) is 30.6 Å². The first-order valence-corrected chi connectivity index (χ1v) is 12.8. The van der Waals surface area contributed by atoms with Gasteiger partial charge in [0.05, 0.1) is 13.2 Å². The Balaban J connectivity index is 1.66. The van der Waals surface area contributed by atoms with Gasteiger partial charge in [-0.3, -0.25) is 0 Å². The van der Waals surface area contributed by atoms with E-state index in [1.807, 2.05) is 13.2 Å². The van der Waals surface area contributed by atoms with Crippen LogP contribution in [0.3, 0.4) is 0 Å². The lowest BCUT2D eigenvalue weighted by Crippen LogP contribution is -2.45. The molecule has 4 rings (SSSR count). The maximum atomic E-state index is 13.0. The molecule has 0 spiro atoms. The number of carbonyl (C=O) groups is 1. The summed E-state index contributed by atoms with van der Waals surface area (Å²) >= 11 is 11.8. The monoisotopic (exact) mass is 483 g/mol. The van der Waals surface area contributed by atoms with Crippen molar-refractivity contribution in [1.29, 1.82) is 0 Å². The highest BCUT2D eigenvalue weighted by Gasteiger charge is 2.56. The van der Waals surface area contributed by atoms with Crippen LogP contribution in [0.15, 0.2) is 18.2 Å². The van der Waals surface area contributed by atoms with Gasteiger partial charge in [0, 0.05) is 32.0 Å². The molecule has 178 valence electrons. The van der Waals surface area contributed by atoms with Crippen LogP contribution in [0.25, 0.3) is 0 Å². The van der Waals surface area contributed by atoms with Crippen LogP contribution in [0.1, 0.15) is 62.2 Å². The van der Waals surface area contributed by atoms with Crippen LogP contribution in [0.5, 0.6) is 5.75 Å². The molecular formula is C25H35Cl2NO4. The largest absolute Gasteiger partial charge is 0.497 e. The number of hydrogen-bond donors (Lipinski definition) is 0. The number of ether oxygens (including phenoxy) is 3. The van der Waals surface area contributed by atoms with Crippen molar-refractivity contribution >= 4 is 29.3 Å². The predicted molar refractivity (Wildman–Crippen MR) is 127 cm³/mol. The summed E-state index contributed by atoms with van der Waals surface area (Å²) in [6.45, 7) is 3.25.